The molecule has 1 aromatic rings. The van der Waals surface area contributed by atoms with Crippen LogP contribution in [0.2, 0.25) is 0 Å². The molecule has 146 valence electrons. The third kappa shape index (κ3) is 14.6. The fraction of sp³-hybridized carbons (Fsp3) is 0.583. The van der Waals surface area contributed by atoms with Gasteiger partial charge in [-0.15, -0.1) is 23.7 Å². The second-order valence-electron chi connectivity index (χ2n) is 6.60. The maximum Gasteiger partial charge on any atom is 0.307 e. The van der Waals surface area contributed by atoms with Crippen LogP contribution in [-0.2, 0) is 16.1 Å². The third-order valence-electron chi connectivity index (χ3n) is 4.11. The molecule has 0 aliphatic heterocycles. The highest BCUT2D eigenvalue weighted by Gasteiger charge is 2.01. The lowest BCUT2D eigenvalue weighted by Gasteiger charge is -2.02. The molecule has 0 aliphatic carbocycles. The van der Waals surface area contributed by atoms with Gasteiger partial charge in [-0.25, -0.2) is 0 Å². The van der Waals surface area contributed by atoms with Crippen molar-refractivity contribution in [1.82, 2.24) is 4.98 Å². The Morgan fingerprint density at radius 2 is 1.59 bits per heavy atom. The van der Waals surface area contributed by atoms with Crippen molar-refractivity contribution in [3.8, 4) is 23.7 Å². The van der Waals surface area contributed by atoms with Gasteiger partial charge in [0.2, 0.25) is 0 Å². The zero-order valence-electron chi connectivity index (χ0n) is 16.8. The Hall–Kier alpha value is -2.26. The van der Waals surface area contributed by atoms with Gasteiger partial charge < -0.3 is 4.74 Å². The van der Waals surface area contributed by atoms with E-state index in [4.69, 9.17) is 4.74 Å². The largest absolute Gasteiger partial charge is 0.461 e. The van der Waals surface area contributed by atoms with E-state index in [-0.39, 0.29) is 12.6 Å². The summed E-state index contributed by atoms with van der Waals surface area (Å²) in [4.78, 5) is 15.6. The Bertz CT molecular complexity index is 617. The van der Waals surface area contributed by atoms with Gasteiger partial charge in [0, 0.05) is 43.6 Å². The molecular formula is C24H33NO2. The summed E-state index contributed by atoms with van der Waals surface area (Å²) in [5.74, 6) is 12.3. The smallest absolute Gasteiger partial charge is 0.307 e. The topological polar surface area (TPSA) is 39.2 Å². The highest BCUT2D eigenvalue weighted by molar-refractivity contribution is 5.69. The Kier molecular flexibility index (Phi) is 14.5. The van der Waals surface area contributed by atoms with Crippen molar-refractivity contribution in [1.29, 1.82) is 0 Å². The number of carbonyl (C=O) groups is 1. The van der Waals surface area contributed by atoms with Gasteiger partial charge in [-0.05, 0) is 12.5 Å². The quantitative estimate of drug-likeness (QED) is 0.265. The lowest BCUT2D eigenvalue weighted by molar-refractivity contribution is -0.144. The summed E-state index contributed by atoms with van der Waals surface area (Å²) in [5, 5.41) is 0. The fourth-order valence-corrected chi connectivity index (χ4v) is 2.53. The van der Waals surface area contributed by atoms with E-state index in [9.17, 15) is 4.79 Å². The molecule has 1 heterocycles. The maximum absolute atomic E-state index is 11.6. The molecule has 0 N–H and O–H groups in total. The minimum atomic E-state index is -0.220. The fourth-order valence-electron chi connectivity index (χ4n) is 2.53. The van der Waals surface area contributed by atoms with E-state index >= 15 is 0 Å². The summed E-state index contributed by atoms with van der Waals surface area (Å²) < 4.78 is 5.18. The highest BCUT2D eigenvalue weighted by atomic mass is 16.5. The summed E-state index contributed by atoms with van der Waals surface area (Å²) in [5.41, 5.74) is 0.895. The van der Waals surface area contributed by atoms with Gasteiger partial charge in [0.15, 0.2) is 0 Å². The van der Waals surface area contributed by atoms with E-state index in [0.29, 0.717) is 12.8 Å². The number of nitrogens with zero attached hydrogens (tertiary/aromatic N) is 1. The SMILES string of the molecule is CCCCCCCCCC#CCCC#CCCC(=O)OCc1cccnc1. The Balaban J connectivity index is 1.93. The van der Waals surface area contributed by atoms with Crippen LogP contribution in [0, 0.1) is 23.7 Å². The van der Waals surface area contributed by atoms with Crippen molar-refractivity contribution in [2.45, 2.75) is 90.6 Å². The molecular weight excluding hydrogens is 334 g/mol. The molecule has 0 atom stereocenters. The van der Waals surface area contributed by atoms with Crippen LogP contribution >= 0.6 is 0 Å². The summed E-state index contributed by atoms with van der Waals surface area (Å²) in [6.07, 6.45) is 16.1. The number of pyridine rings is 1. The van der Waals surface area contributed by atoms with Crippen LogP contribution in [0.3, 0.4) is 0 Å². The van der Waals surface area contributed by atoms with Gasteiger partial charge >= 0.3 is 5.97 Å². The molecule has 0 unspecified atom stereocenters. The molecule has 0 amide bonds. The van der Waals surface area contributed by atoms with Crippen molar-refractivity contribution in [3.05, 3.63) is 30.1 Å². The van der Waals surface area contributed by atoms with Crippen LogP contribution in [0.4, 0.5) is 0 Å². The zero-order chi connectivity index (χ0) is 19.4. The first-order valence-corrected chi connectivity index (χ1v) is 10.3. The van der Waals surface area contributed by atoms with Gasteiger partial charge in [0.25, 0.3) is 0 Å². The molecule has 1 rings (SSSR count). The van der Waals surface area contributed by atoms with Gasteiger partial charge in [-0.3, -0.25) is 9.78 Å². The lowest BCUT2D eigenvalue weighted by Crippen LogP contribution is -2.03. The van der Waals surface area contributed by atoms with E-state index in [1.54, 1.807) is 12.4 Å². The van der Waals surface area contributed by atoms with E-state index in [0.717, 1.165) is 24.8 Å². The first-order chi connectivity index (χ1) is 13.3. The number of unbranched alkanes of at least 4 members (excludes halogenated alkanes) is 8. The summed E-state index contributed by atoms with van der Waals surface area (Å²) in [6, 6.07) is 3.71. The van der Waals surface area contributed by atoms with E-state index < -0.39 is 0 Å². The number of carbonyl (C=O) groups excluding carboxylic acids is 1. The molecule has 0 fully saturated rings. The molecule has 0 aliphatic rings. The van der Waals surface area contributed by atoms with Gasteiger partial charge in [0.1, 0.15) is 6.61 Å². The average molecular weight is 368 g/mol. The van der Waals surface area contributed by atoms with Crippen molar-refractivity contribution in [2.24, 2.45) is 0 Å². The second kappa shape index (κ2) is 17.2. The Morgan fingerprint density at radius 1 is 0.926 bits per heavy atom. The number of esters is 1. The average Bonchev–Trinajstić information content (AvgIpc) is 2.70. The molecule has 1 aromatic heterocycles. The molecule has 0 saturated heterocycles. The van der Waals surface area contributed by atoms with Crippen molar-refractivity contribution < 1.29 is 9.53 Å². The van der Waals surface area contributed by atoms with Crippen molar-refractivity contribution in [2.75, 3.05) is 0 Å². The molecule has 27 heavy (non-hydrogen) atoms. The number of hydrogen-bond donors (Lipinski definition) is 0. The minimum absolute atomic E-state index is 0.220. The minimum Gasteiger partial charge on any atom is -0.461 e. The third-order valence-corrected chi connectivity index (χ3v) is 4.11. The van der Waals surface area contributed by atoms with E-state index in [2.05, 4.69) is 35.6 Å². The summed E-state index contributed by atoms with van der Waals surface area (Å²) in [6.45, 7) is 2.52. The van der Waals surface area contributed by atoms with Gasteiger partial charge in [-0.2, -0.15) is 0 Å². The predicted molar refractivity (Wildman–Crippen MR) is 111 cm³/mol. The molecule has 0 radical (unpaired) electrons. The van der Waals surface area contributed by atoms with Crippen LogP contribution in [0.5, 0.6) is 0 Å². The van der Waals surface area contributed by atoms with Crippen LogP contribution in [0.1, 0.15) is 89.5 Å². The first kappa shape index (κ1) is 22.8. The van der Waals surface area contributed by atoms with E-state index in [1.165, 1.54) is 44.9 Å². The summed E-state index contributed by atoms with van der Waals surface area (Å²) >= 11 is 0. The van der Waals surface area contributed by atoms with Gasteiger partial charge in [-0.1, -0.05) is 51.5 Å². The molecule has 0 bridgehead atoms. The lowest BCUT2D eigenvalue weighted by atomic mass is 10.1. The Labute approximate surface area is 165 Å². The monoisotopic (exact) mass is 367 g/mol. The predicted octanol–water partition coefficient (Wildman–Crippen LogP) is 5.83. The number of hydrogen-bond acceptors (Lipinski definition) is 3. The molecule has 0 saturated carbocycles. The van der Waals surface area contributed by atoms with Crippen molar-refractivity contribution in [3.63, 3.8) is 0 Å². The van der Waals surface area contributed by atoms with Crippen LogP contribution in [-0.4, -0.2) is 11.0 Å². The zero-order valence-corrected chi connectivity index (χ0v) is 16.8. The van der Waals surface area contributed by atoms with E-state index in [1.807, 2.05) is 12.1 Å². The number of aromatic nitrogens is 1. The van der Waals surface area contributed by atoms with Gasteiger partial charge in [0.05, 0.1) is 6.42 Å². The number of rotatable bonds is 12. The maximum atomic E-state index is 11.6. The normalized spacial score (nSPS) is 9.67. The standard InChI is InChI=1S/C24H33NO2/c1-2-3-4-5-6-7-8-9-10-11-12-13-14-15-16-19-24(26)27-22-23-18-17-20-25-21-23/h17-18,20-21H,2-9,12-13,16,19,22H2,1H3. The van der Waals surface area contributed by atoms with Crippen LogP contribution in [0.25, 0.3) is 0 Å². The van der Waals surface area contributed by atoms with Crippen molar-refractivity contribution >= 4 is 5.97 Å². The van der Waals surface area contributed by atoms with Crippen LogP contribution < -0.4 is 0 Å². The second-order valence-corrected chi connectivity index (χ2v) is 6.60. The highest BCUT2D eigenvalue weighted by Crippen LogP contribution is 2.07. The number of ether oxygens (including phenoxy) is 1. The van der Waals surface area contributed by atoms with Crippen LogP contribution in [0.15, 0.2) is 24.5 Å². The molecule has 3 nitrogen and oxygen atoms in total. The molecule has 3 heteroatoms. The first-order valence-electron chi connectivity index (χ1n) is 10.3. The molecule has 0 spiro atoms. The summed E-state index contributed by atoms with van der Waals surface area (Å²) in [7, 11) is 0. The Morgan fingerprint density at radius 3 is 2.30 bits per heavy atom. The molecule has 0 aromatic carbocycles.